The average molecular weight is 303 g/mol. The molecule has 2 aliphatic heterocycles. The highest BCUT2D eigenvalue weighted by molar-refractivity contribution is 5.78. The van der Waals surface area contributed by atoms with Gasteiger partial charge in [0, 0.05) is 24.8 Å². The van der Waals surface area contributed by atoms with Crippen LogP contribution in [0.3, 0.4) is 0 Å². The zero-order valence-electron chi connectivity index (χ0n) is 13.3. The van der Waals surface area contributed by atoms with Crippen LogP contribution < -0.4 is 4.74 Å². The highest BCUT2D eigenvalue weighted by Gasteiger charge is 2.39. The van der Waals surface area contributed by atoms with E-state index in [1.54, 1.807) is 12.4 Å². The molecule has 0 spiro atoms. The fourth-order valence-electron chi connectivity index (χ4n) is 3.84. The molecule has 120 valence electrons. The molecule has 0 bridgehead atoms. The Morgan fingerprint density at radius 2 is 2.14 bits per heavy atom. The van der Waals surface area contributed by atoms with Crippen LogP contribution in [0, 0.1) is 0 Å². The molecule has 3 heterocycles. The Bertz CT molecular complexity index is 494. The van der Waals surface area contributed by atoms with E-state index in [1.807, 2.05) is 12.1 Å². The van der Waals surface area contributed by atoms with Gasteiger partial charge < -0.3 is 9.64 Å². The molecule has 1 aromatic rings. The summed E-state index contributed by atoms with van der Waals surface area (Å²) in [4.78, 5) is 21.1. The van der Waals surface area contributed by atoms with Crippen molar-refractivity contribution in [2.45, 2.75) is 44.7 Å². The maximum absolute atomic E-state index is 12.5. The highest BCUT2D eigenvalue weighted by atomic mass is 16.5. The van der Waals surface area contributed by atoms with Gasteiger partial charge in [0.15, 0.2) is 6.61 Å². The second-order valence-corrected chi connectivity index (χ2v) is 6.11. The van der Waals surface area contributed by atoms with Gasteiger partial charge in [-0.15, -0.1) is 0 Å². The van der Waals surface area contributed by atoms with E-state index in [2.05, 4.69) is 21.7 Å². The van der Waals surface area contributed by atoms with Gasteiger partial charge >= 0.3 is 0 Å². The smallest absolute Gasteiger partial charge is 0.260 e. The monoisotopic (exact) mass is 303 g/mol. The summed E-state index contributed by atoms with van der Waals surface area (Å²) in [6, 6.07) is 4.55. The maximum atomic E-state index is 12.5. The number of nitrogens with zero attached hydrogens (tertiary/aromatic N) is 3. The van der Waals surface area contributed by atoms with E-state index in [-0.39, 0.29) is 12.5 Å². The van der Waals surface area contributed by atoms with Crippen LogP contribution in [0.1, 0.15) is 32.6 Å². The lowest BCUT2D eigenvalue weighted by Crippen LogP contribution is -2.49. The SMILES string of the molecule is CCN1CCC[C@H]1[C@H]1CCCN1C(=O)COc1cccnc1. The summed E-state index contributed by atoms with van der Waals surface area (Å²) < 4.78 is 5.58. The first-order chi connectivity index (χ1) is 10.8. The van der Waals surface area contributed by atoms with Crippen molar-refractivity contribution in [3.8, 4) is 5.75 Å². The van der Waals surface area contributed by atoms with Crippen LogP contribution in [-0.4, -0.2) is 59.0 Å². The maximum Gasteiger partial charge on any atom is 0.260 e. The topological polar surface area (TPSA) is 45.7 Å². The van der Waals surface area contributed by atoms with E-state index in [1.165, 1.54) is 19.4 Å². The summed E-state index contributed by atoms with van der Waals surface area (Å²) >= 11 is 0. The molecule has 5 heteroatoms. The zero-order chi connectivity index (χ0) is 15.4. The number of hydrogen-bond donors (Lipinski definition) is 0. The van der Waals surface area contributed by atoms with Crippen molar-refractivity contribution >= 4 is 5.91 Å². The van der Waals surface area contributed by atoms with Gasteiger partial charge in [-0.05, 0) is 50.9 Å². The van der Waals surface area contributed by atoms with Crippen LogP contribution in [0.4, 0.5) is 0 Å². The summed E-state index contributed by atoms with van der Waals surface area (Å²) in [5.74, 6) is 0.761. The van der Waals surface area contributed by atoms with Crippen molar-refractivity contribution < 1.29 is 9.53 Å². The third-order valence-corrected chi connectivity index (χ3v) is 4.88. The molecule has 2 fully saturated rings. The van der Waals surface area contributed by atoms with E-state index >= 15 is 0 Å². The number of aromatic nitrogens is 1. The number of ether oxygens (including phenoxy) is 1. The van der Waals surface area contributed by atoms with Gasteiger partial charge in [-0.25, -0.2) is 0 Å². The van der Waals surface area contributed by atoms with Crippen molar-refractivity contribution in [3.05, 3.63) is 24.5 Å². The van der Waals surface area contributed by atoms with Crippen molar-refractivity contribution in [1.29, 1.82) is 0 Å². The van der Waals surface area contributed by atoms with Crippen molar-refractivity contribution in [2.24, 2.45) is 0 Å². The number of carbonyl (C=O) groups is 1. The second kappa shape index (κ2) is 7.09. The molecular formula is C17H25N3O2. The molecule has 1 amide bonds. The molecular weight excluding hydrogens is 278 g/mol. The van der Waals surface area contributed by atoms with Gasteiger partial charge in [-0.1, -0.05) is 6.92 Å². The number of carbonyl (C=O) groups excluding carboxylic acids is 1. The molecule has 0 aliphatic carbocycles. The Balaban J connectivity index is 1.59. The molecule has 2 atom stereocenters. The van der Waals surface area contributed by atoms with Gasteiger partial charge in [-0.2, -0.15) is 0 Å². The molecule has 0 unspecified atom stereocenters. The molecule has 0 N–H and O–H groups in total. The Morgan fingerprint density at radius 1 is 1.32 bits per heavy atom. The Hall–Kier alpha value is -1.62. The van der Waals surface area contributed by atoms with E-state index in [9.17, 15) is 4.79 Å². The molecule has 2 saturated heterocycles. The molecule has 5 nitrogen and oxygen atoms in total. The fraction of sp³-hybridized carbons (Fsp3) is 0.647. The number of rotatable bonds is 5. The van der Waals surface area contributed by atoms with Crippen LogP contribution in [0.5, 0.6) is 5.75 Å². The number of pyridine rings is 1. The van der Waals surface area contributed by atoms with Crippen LogP contribution >= 0.6 is 0 Å². The quantitative estimate of drug-likeness (QED) is 0.834. The largest absolute Gasteiger partial charge is 0.482 e. The first-order valence-corrected chi connectivity index (χ1v) is 8.36. The lowest BCUT2D eigenvalue weighted by atomic mass is 10.0. The first kappa shape index (κ1) is 15.3. The predicted octanol–water partition coefficient (Wildman–Crippen LogP) is 1.94. The average Bonchev–Trinajstić information content (AvgIpc) is 3.21. The molecule has 22 heavy (non-hydrogen) atoms. The lowest BCUT2D eigenvalue weighted by molar-refractivity contribution is -0.135. The van der Waals surface area contributed by atoms with Gasteiger partial charge in [0.2, 0.25) is 0 Å². The van der Waals surface area contributed by atoms with Gasteiger partial charge in [0.1, 0.15) is 5.75 Å². The van der Waals surface area contributed by atoms with Crippen molar-refractivity contribution in [3.63, 3.8) is 0 Å². The summed E-state index contributed by atoms with van der Waals surface area (Å²) in [7, 11) is 0. The van der Waals surface area contributed by atoms with E-state index < -0.39 is 0 Å². The number of amides is 1. The summed E-state index contributed by atoms with van der Waals surface area (Å²) in [5, 5.41) is 0. The highest BCUT2D eigenvalue weighted by Crippen LogP contribution is 2.29. The standard InChI is InChI=1S/C17H25N3O2/c1-2-19-10-4-7-15(19)16-8-5-11-20(16)17(21)13-22-14-6-3-9-18-12-14/h3,6,9,12,15-16H,2,4-5,7-8,10-11,13H2,1H3/t15-,16+/m0/s1. The number of hydrogen-bond acceptors (Lipinski definition) is 4. The molecule has 2 aliphatic rings. The van der Waals surface area contributed by atoms with Crippen LogP contribution in [0.15, 0.2) is 24.5 Å². The van der Waals surface area contributed by atoms with Crippen LogP contribution in [0.25, 0.3) is 0 Å². The number of likely N-dealkylation sites (N-methyl/N-ethyl adjacent to an activating group) is 1. The Morgan fingerprint density at radius 3 is 2.91 bits per heavy atom. The second-order valence-electron chi connectivity index (χ2n) is 6.11. The lowest BCUT2D eigenvalue weighted by Gasteiger charge is -2.34. The minimum atomic E-state index is 0.106. The van der Waals surface area contributed by atoms with Crippen molar-refractivity contribution in [1.82, 2.24) is 14.8 Å². The van der Waals surface area contributed by atoms with E-state index in [4.69, 9.17) is 4.74 Å². The molecule has 1 aromatic heterocycles. The van der Waals surface area contributed by atoms with E-state index in [0.717, 1.165) is 25.9 Å². The van der Waals surface area contributed by atoms with Crippen LogP contribution in [0.2, 0.25) is 0 Å². The first-order valence-electron chi connectivity index (χ1n) is 8.36. The summed E-state index contributed by atoms with van der Waals surface area (Å²) in [6.45, 7) is 5.45. The molecule has 0 radical (unpaired) electrons. The summed E-state index contributed by atoms with van der Waals surface area (Å²) in [6.07, 6.45) is 8.04. The molecule has 0 aromatic carbocycles. The third kappa shape index (κ3) is 3.24. The van der Waals surface area contributed by atoms with Gasteiger partial charge in [-0.3, -0.25) is 14.7 Å². The zero-order valence-corrected chi connectivity index (χ0v) is 13.3. The Kier molecular flexibility index (Phi) is 4.93. The molecule has 0 saturated carbocycles. The minimum absolute atomic E-state index is 0.106. The number of likely N-dealkylation sites (tertiary alicyclic amines) is 2. The van der Waals surface area contributed by atoms with Gasteiger partial charge in [0.25, 0.3) is 5.91 Å². The third-order valence-electron chi connectivity index (χ3n) is 4.88. The molecule has 3 rings (SSSR count). The predicted molar refractivity (Wildman–Crippen MR) is 84.7 cm³/mol. The summed E-state index contributed by atoms with van der Waals surface area (Å²) in [5.41, 5.74) is 0. The van der Waals surface area contributed by atoms with E-state index in [0.29, 0.717) is 17.8 Å². The minimum Gasteiger partial charge on any atom is -0.482 e. The fourth-order valence-corrected chi connectivity index (χ4v) is 3.84. The Labute approximate surface area is 132 Å². The normalized spacial score (nSPS) is 25.6. The van der Waals surface area contributed by atoms with Crippen LogP contribution in [-0.2, 0) is 4.79 Å². The van der Waals surface area contributed by atoms with Gasteiger partial charge in [0.05, 0.1) is 6.20 Å². The van der Waals surface area contributed by atoms with Crippen molar-refractivity contribution in [2.75, 3.05) is 26.2 Å².